The van der Waals surface area contributed by atoms with Gasteiger partial charge in [-0.3, -0.25) is 9.00 Å². The van der Waals surface area contributed by atoms with Crippen LogP contribution in [-0.4, -0.2) is 27.8 Å². The highest BCUT2D eigenvalue weighted by Gasteiger charge is 2.15. The first kappa shape index (κ1) is 14.9. The largest absolute Gasteiger partial charge is 0.337 e. The Balaban J connectivity index is 1.94. The highest BCUT2D eigenvalue weighted by atomic mass is 32.2. The topological polar surface area (TPSA) is 37.4 Å². The van der Waals surface area contributed by atoms with Crippen molar-refractivity contribution in [1.82, 2.24) is 4.90 Å². The lowest BCUT2D eigenvalue weighted by atomic mass is 10.2. The number of hydrogen-bond acceptors (Lipinski definition) is 3. The smallest absolute Gasteiger partial charge is 0.210 e. The van der Waals surface area contributed by atoms with Gasteiger partial charge in [0.2, 0.25) is 6.41 Å². The van der Waals surface area contributed by atoms with Crippen LogP contribution >= 0.6 is 11.3 Å². The second kappa shape index (κ2) is 7.36. The van der Waals surface area contributed by atoms with Crippen molar-refractivity contribution in [2.24, 2.45) is 0 Å². The van der Waals surface area contributed by atoms with E-state index in [9.17, 15) is 9.00 Å². The number of benzene rings is 1. The molecule has 0 aliphatic heterocycles. The summed E-state index contributed by atoms with van der Waals surface area (Å²) in [7, 11) is -1.07. The number of nitrogens with zero attached hydrogens (tertiary/aromatic N) is 1. The van der Waals surface area contributed by atoms with Gasteiger partial charge < -0.3 is 4.90 Å². The molecule has 0 spiro atoms. The molecular formula is C15H17NO2S2. The molecule has 5 heteroatoms. The zero-order valence-corrected chi connectivity index (χ0v) is 12.9. The predicted octanol–water partition coefficient (Wildman–Crippen LogP) is 3.08. The van der Waals surface area contributed by atoms with Gasteiger partial charge in [0, 0.05) is 22.1 Å². The molecule has 2 rings (SSSR count). The van der Waals surface area contributed by atoms with Crippen LogP contribution in [0.25, 0.3) is 0 Å². The second-order valence-corrected chi connectivity index (χ2v) is 6.95. The molecule has 0 saturated heterocycles. The molecule has 0 N–H and O–H groups in total. The van der Waals surface area contributed by atoms with Gasteiger partial charge in [0.15, 0.2) is 0 Å². The molecular weight excluding hydrogens is 290 g/mol. The first-order valence-electron chi connectivity index (χ1n) is 6.40. The van der Waals surface area contributed by atoms with Gasteiger partial charge in [-0.15, -0.1) is 11.3 Å². The maximum atomic E-state index is 12.1. The van der Waals surface area contributed by atoms with Crippen LogP contribution in [0.2, 0.25) is 0 Å². The average Bonchev–Trinajstić information content (AvgIpc) is 3.02. The number of carbonyl (C=O) groups is 1. The van der Waals surface area contributed by atoms with E-state index in [0.717, 1.165) is 16.2 Å². The molecule has 3 nitrogen and oxygen atoms in total. The van der Waals surface area contributed by atoms with Crippen LogP contribution in [0.5, 0.6) is 0 Å². The number of thiophene rings is 1. The third-order valence-electron chi connectivity index (χ3n) is 3.13. The maximum absolute atomic E-state index is 12.1. The van der Waals surface area contributed by atoms with Gasteiger partial charge in [-0.05, 0) is 30.5 Å². The van der Waals surface area contributed by atoms with Crippen LogP contribution in [0.3, 0.4) is 0 Å². The van der Waals surface area contributed by atoms with E-state index in [1.54, 1.807) is 16.2 Å². The lowest BCUT2D eigenvalue weighted by molar-refractivity contribution is -0.119. The second-order valence-electron chi connectivity index (χ2n) is 4.40. The Hall–Kier alpha value is -1.46. The molecule has 2 aromatic rings. The number of amides is 1. The summed E-state index contributed by atoms with van der Waals surface area (Å²) < 4.78 is 12.1. The van der Waals surface area contributed by atoms with Crippen LogP contribution in [0.15, 0.2) is 52.7 Å². The van der Waals surface area contributed by atoms with E-state index < -0.39 is 10.8 Å². The van der Waals surface area contributed by atoms with Crippen LogP contribution in [-0.2, 0) is 15.6 Å². The van der Waals surface area contributed by atoms with Gasteiger partial charge in [-0.1, -0.05) is 24.3 Å². The lowest BCUT2D eigenvalue weighted by Crippen LogP contribution is -2.29. The van der Waals surface area contributed by atoms with Crippen molar-refractivity contribution < 1.29 is 9.00 Å². The number of rotatable bonds is 7. The van der Waals surface area contributed by atoms with Crippen molar-refractivity contribution in [2.45, 2.75) is 17.9 Å². The fourth-order valence-electron chi connectivity index (χ4n) is 1.91. The molecule has 0 bridgehead atoms. The summed E-state index contributed by atoms with van der Waals surface area (Å²) in [6, 6.07) is 13.4. The molecule has 1 aromatic carbocycles. The Morgan fingerprint density at radius 1 is 1.25 bits per heavy atom. The van der Waals surface area contributed by atoms with E-state index in [0.29, 0.717) is 12.3 Å². The molecule has 1 heterocycles. The Bertz CT molecular complexity index is 555. The molecule has 0 fully saturated rings. The van der Waals surface area contributed by atoms with Crippen molar-refractivity contribution in [1.29, 1.82) is 0 Å². The predicted molar refractivity (Wildman–Crippen MR) is 83.2 cm³/mol. The van der Waals surface area contributed by atoms with Crippen LogP contribution in [0.4, 0.5) is 0 Å². The van der Waals surface area contributed by atoms with E-state index in [1.807, 2.05) is 54.8 Å². The molecule has 20 heavy (non-hydrogen) atoms. The van der Waals surface area contributed by atoms with E-state index in [4.69, 9.17) is 0 Å². The van der Waals surface area contributed by atoms with E-state index >= 15 is 0 Å². The summed E-state index contributed by atoms with van der Waals surface area (Å²) in [6.45, 7) is 2.48. The zero-order chi connectivity index (χ0) is 14.4. The van der Waals surface area contributed by atoms with Crippen molar-refractivity contribution in [3.8, 4) is 0 Å². The van der Waals surface area contributed by atoms with E-state index in [-0.39, 0.29) is 6.04 Å². The summed E-state index contributed by atoms with van der Waals surface area (Å²) in [6.07, 6.45) is 0.840. The number of hydrogen-bond donors (Lipinski definition) is 0. The van der Waals surface area contributed by atoms with E-state index in [1.165, 1.54) is 0 Å². The molecule has 106 valence electrons. The van der Waals surface area contributed by atoms with Crippen molar-refractivity contribution >= 4 is 28.5 Å². The Morgan fingerprint density at radius 3 is 2.60 bits per heavy atom. The van der Waals surface area contributed by atoms with Crippen LogP contribution in [0.1, 0.15) is 17.8 Å². The molecule has 2 unspecified atom stereocenters. The molecule has 1 amide bonds. The fourth-order valence-corrected chi connectivity index (χ4v) is 3.79. The van der Waals surface area contributed by atoms with Crippen molar-refractivity contribution in [3.05, 3.63) is 52.7 Å². The van der Waals surface area contributed by atoms with Crippen LogP contribution in [0, 0.1) is 0 Å². The fraction of sp³-hybridized carbons (Fsp3) is 0.267. The van der Waals surface area contributed by atoms with Gasteiger partial charge in [0.25, 0.3) is 0 Å². The summed E-state index contributed by atoms with van der Waals surface area (Å²) in [5, 5.41) is 2.00. The number of carbonyl (C=O) groups excluding carboxylic acids is 1. The summed E-state index contributed by atoms with van der Waals surface area (Å²) in [4.78, 5) is 14.9. The third kappa shape index (κ3) is 3.77. The van der Waals surface area contributed by atoms with Gasteiger partial charge in [0.05, 0.1) is 16.8 Å². The third-order valence-corrected chi connectivity index (χ3v) is 5.52. The minimum atomic E-state index is -1.07. The maximum Gasteiger partial charge on any atom is 0.210 e. The molecule has 0 aliphatic rings. The Kier molecular flexibility index (Phi) is 5.49. The minimum Gasteiger partial charge on any atom is -0.337 e. The highest BCUT2D eigenvalue weighted by molar-refractivity contribution is 7.85. The lowest BCUT2D eigenvalue weighted by Gasteiger charge is -2.24. The molecule has 0 radical (unpaired) electrons. The summed E-state index contributed by atoms with van der Waals surface area (Å²) in [5.41, 5.74) is 0. The highest BCUT2D eigenvalue weighted by Crippen LogP contribution is 2.23. The van der Waals surface area contributed by atoms with Crippen molar-refractivity contribution in [3.63, 3.8) is 0 Å². The molecule has 2 atom stereocenters. The minimum absolute atomic E-state index is 0.0280. The monoisotopic (exact) mass is 307 g/mol. The molecule has 0 saturated carbocycles. The van der Waals surface area contributed by atoms with Crippen LogP contribution < -0.4 is 0 Å². The van der Waals surface area contributed by atoms with Gasteiger partial charge in [0.1, 0.15) is 0 Å². The summed E-state index contributed by atoms with van der Waals surface area (Å²) >= 11 is 1.63. The molecule has 0 aliphatic carbocycles. The Morgan fingerprint density at radius 2 is 2.00 bits per heavy atom. The normalized spacial score (nSPS) is 13.7. The average molecular weight is 307 g/mol. The Labute approximate surface area is 125 Å². The van der Waals surface area contributed by atoms with E-state index in [2.05, 4.69) is 0 Å². The SMILES string of the molecule is CC(c1cccs1)N(C=O)CCS(=O)c1ccccc1. The van der Waals surface area contributed by atoms with Gasteiger partial charge in [-0.25, -0.2) is 0 Å². The van der Waals surface area contributed by atoms with Gasteiger partial charge in [-0.2, -0.15) is 0 Å². The molecule has 1 aromatic heterocycles. The quantitative estimate of drug-likeness (QED) is 0.737. The first-order chi connectivity index (χ1) is 9.72. The summed E-state index contributed by atoms with van der Waals surface area (Å²) in [5.74, 6) is 0.457. The van der Waals surface area contributed by atoms with Gasteiger partial charge >= 0.3 is 0 Å². The first-order valence-corrected chi connectivity index (χ1v) is 8.60. The van der Waals surface area contributed by atoms with Crippen molar-refractivity contribution in [2.75, 3.05) is 12.3 Å². The standard InChI is InChI=1S/C15H17NO2S2/c1-13(15-8-5-10-19-15)16(12-17)9-11-20(18)14-6-3-2-4-7-14/h2-8,10,12-13H,9,11H2,1H3. The zero-order valence-electron chi connectivity index (χ0n) is 11.3.